The van der Waals surface area contributed by atoms with Crippen LogP contribution in [0.3, 0.4) is 0 Å². The number of carbonyl (C=O) groups is 1. The summed E-state index contributed by atoms with van der Waals surface area (Å²) in [4.78, 5) is 16.0. The maximum absolute atomic E-state index is 11.8. The van der Waals surface area contributed by atoms with Gasteiger partial charge in [-0.15, -0.1) is 0 Å². The Bertz CT molecular complexity index is 1860. The number of allylic oxidation sites excluding steroid dienone is 1. The van der Waals surface area contributed by atoms with Crippen LogP contribution in [0, 0.1) is 25.2 Å². The molecule has 0 aliphatic rings. The Morgan fingerprint density at radius 1 is 0.981 bits per heavy atom. The van der Waals surface area contributed by atoms with Gasteiger partial charge < -0.3 is 40.0 Å². The maximum Gasteiger partial charge on any atom is 0.326 e. The molecular formula is C41H51ClN4O8. The monoisotopic (exact) mass is 762 g/mol. The fraction of sp³-hybridized carbons (Fsp3) is 0.390. The average molecular weight is 763 g/mol. The van der Waals surface area contributed by atoms with E-state index in [-0.39, 0.29) is 38.0 Å². The van der Waals surface area contributed by atoms with Crippen LogP contribution in [0.1, 0.15) is 42.5 Å². The topological polar surface area (TPSA) is 186 Å². The highest BCUT2D eigenvalue weighted by molar-refractivity contribution is 6.32. The summed E-state index contributed by atoms with van der Waals surface area (Å²) in [7, 11) is 1.76. The molecule has 1 atom stereocenters. The van der Waals surface area contributed by atoms with E-state index in [0.29, 0.717) is 54.5 Å². The van der Waals surface area contributed by atoms with Crippen LogP contribution in [0.4, 0.5) is 0 Å². The second-order valence-electron chi connectivity index (χ2n) is 12.8. The highest BCUT2D eigenvalue weighted by Crippen LogP contribution is 2.36. The zero-order valence-electron chi connectivity index (χ0n) is 31.5. The Labute approximate surface area is 322 Å². The first-order valence-electron chi connectivity index (χ1n) is 17.6. The highest BCUT2D eigenvalue weighted by atomic mass is 35.5. The average Bonchev–Trinajstić information content (AvgIpc) is 3.17. The molecule has 3 rings (SSSR count). The Balaban J connectivity index is 1.86. The number of aliphatic hydroxyl groups is 3. The number of benzene rings is 3. The largest absolute Gasteiger partial charge is 0.493 e. The third-order valence-electron chi connectivity index (χ3n) is 8.87. The Kier molecular flexibility index (Phi) is 17.7. The number of carboxylic acid groups (broad SMARTS) is 1. The second kappa shape index (κ2) is 21.8. The molecule has 3 aromatic carbocycles. The van der Waals surface area contributed by atoms with Crippen LogP contribution >= 0.6 is 11.6 Å². The molecule has 13 heteroatoms. The molecule has 12 nitrogen and oxygen atoms in total. The molecule has 0 amide bonds. The standard InChI is InChI=1S/C41H51ClN4O8/c1-6-29(16-30(19-43)20-44-5)24-53-38-18-39(36(42)17-32(38)21-46-41(4,26-49)40(50)51)54-25-31-10-7-11-34(27(31)2)35-12-8-13-37(28(35)3)52-15-9-14-45-33(22-47)23-48/h6-8,10-13,16-18,44,46-49H,9,14-15,20-26H2,1-5H3,(H,50,51)/b29-6+,30-16-/t41-/m1/s1. The van der Waals surface area contributed by atoms with Crippen LogP contribution in [0.5, 0.6) is 17.2 Å². The van der Waals surface area contributed by atoms with Crippen LogP contribution in [0.25, 0.3) is 11.1 Å². The molecule has 0 spiro atoms. The molecule has 54 heavy (non-hydrogen) atoms. The fourth-order valence-electron chi connectivity index (χ4n) is 5.34. The molecule has 0 radical (unpaired) electrons. The van der Waals surface area contributed by atoms with Gasteiger partial charge in [-0.3, -0.25) is 15.1 Å². The first-order valence-corrected chi connectivity index (χ1v) is 18.0. The lowest BCUT2D eigenvalue weighted by Gasteiger charge is -2.25. The van der Waals surface area contributed by atoms with Crippen molar-refractivity contribution in [1.29, 1.82) is 5.26 Å². The van der Waals surface area contributed by atoms with E-state index in [9.17, 15) is 30.5 Å². The van der Waals surface area contributed by atoms with Crippen molar-refractivity contribution in [3.05, 3.63) is 99.1 Å². The number of halogens is 1. The van der Waals surface area contributed by atoms with Gasteiger partial charge in [-0.05, 0) is 86.3 Å². The molecule has 0 bridgehead atoms. The number of hydrogen-bond acceptors (Lipinski definition) is 11. The SMILES string of the molecule is C/C=C(\C=C(\C#N)CNC)COc1cc(OCc2cccc(-c3cccc(OCCCN=C(CO)CO)c3C)c2C)c(Cl)cc1CN[C@](C)(CO)C(=O)O. The molecule has 0 aliphatic heterocycles. The number of rotatable bonds is 22. The molecule has 0 saturated heterocycles. The number of likely N-dealkylation sites (N-methyl/N-ethyl adjacent to an activating group) is 1. The number of aliphatic hydroxyl groups excluding tert-OH is 3. The Morgan fingerprint density at radius 3 is 2.31 bits per heavy atom. The zero-order chi connectivity index (χ0) is 39.7. The van der Waals surface area contributed by atoms with Crippen molar-refractivity contribution >= 4 is 23.3 Å². The van der Waals surface area contributed by atoms with E-state index in [1.54, 1.807) is 25.3 Å². The third-order valence-corrected chi connectivity index (χ3v) is 9.17. The molecule has 0 unspecified atom stereocenters. The normalized spacial score (nSPS) is 12.8. The predicted molar refractivity (Wildman–Crippen MR) is 211 cm³/mol. The molecule has 0 fully saturated rings. The van der Waals surface area contributed by atoms with Gasteiger partial charge in [0.25, 0.3) is 0 Å². The lowest BCUT2D eigenvalue weighted by Crippen LogP contribution is -2.52. The summed E-state index contributed by atoms with van der Waals surface area (Å²) in [6, 6.07) is 17.4. The number of hydrogen-bond donors (Lipinski definition) is 6. The summed E-state index contributed by atoms with van der Waals surface area (Å²) in [6.07, 6.45) is 4.22. The summed E-state index contributed by atoms with van der Waals surface area (Å²) in [5.74, 6) is 0.286. The maximum atomic E-state index is 11.8. The lowest BCUT2D eigenvalue weighted by atomic mass is 9.93. The first-order chi connectivity index (χ1) is 25.9. The van der Waals surface area contributed by atoms with E-state index < -0.39 is 18.1 Å². The minimum absolute atomic E-state index is 0.0223. The van der Waals surface area contributed by atoms with Crippen molar-refractivity contribution < 1.29 is 39.4 Å². The van der Waals surface area contributed by atoms with Gasteiger partial charge >= 0.3 is 5.97 Å². The summed E-state index contributed by atoms with van der Waals surface area (Å²) < 4.78 is 18.6. The molecule has 3 aromatic rings. The summed E-state index contributed by atoms with van der Waals surface area (Å²) >= 11 is 6.74. The van der Waals surface area contributed by atoms with Crippen molar-refractivity contribution in [3.8, 4) is 34.4 Å². The van der Waals surface area contributed by atoms with Crippen LogP contribution in [-0.2, 0) is 17.9 Å². The molecule has 0 aromatic heterocycles. The number of aliphatic imine (C=N–C) groups is 1. The van der Waals surface area contributed by atoms with Crippen LogP contribution in [0.15, 0.2) is 76.8 Å². The Morgan fingerprint density at radius 2 is 1.69 bits per heavy atom. The number of carboxylic acids is 1. The van der Waals surface area contributed by atoms with E-state index >= 15 is 0 Å². The highest BCUT2D eigenvalue weighted by Gasteiger charge is 2.32. The van der Waals surface area contributed by atoms with Gasteiger partial charge in [0.2, 0.25) is 0 Å². The predicted octanol–water partition coefficient (Wildman–Crippen LogP) is 5.32. The molecule has 0 aliphatic carbocycles. The summed E-state index contributed by atoms with van der Waals surface area (Å²) in [5, 5.41) is 53.5. The number of ether oxygens (including phenoxy) is 3. The van der Waals surface area contributed by atoms with E-state index in [0.717, 1.165) is 39.1 Å². The minimum Gasteiger partial charge on any atom is -0.493 e. The van der Waals surface area contributed by atoms with Gasteiger partial charge in [0.15, 0.2) is 0 Å². The lowest BCUT2D eigenvalue weighted by molar-refractivity contribution is -0.145. The second-order valence-corrected chi connectivity index (χ2v) is 13.2. The zero-order valence-corrected chi connectivity index (χ0v) is 32.3. The summed E-state index contributed by atoms with van der Waals surface area (Å²) in [5.41, 5.74) is 5.53. The number of nitriles is 1. The van der Waals surface area contributed by atoms with Crippen LogP contribution in [-0.4, -0.2) is 90.8 Å². The number of nitrogens with one attached hydrogen (secondary N) is 2. The van der Waals surface area contributed by atoms with Crippen molar-refractivity contribution in [2.45, 2.75) is 52.8 Å². The molecule has 0 saturated carbocycles. The molecular weight excluding hydrogens is 712 g/mol. The van der Waals surface area contributed by atoms with E-state index in [2.05, 4.69) is 21.7 Å². The first kappa shape index (κ1) is 43.7. The van der Waals surface area contributed by atoms with Crippen LogP contribution < -0.4 is 24.8 Å². The van der Waals surface area contributed by atoms with Crippen LogP contribution in [0.2, 0.25) is 5.02 Å². The third kappa shape index (κ3) is 12.1. The molecule has 290 valence electrons. The van der Waals surface area contributed by atoms with Crippen molar-refractivity contribution in [3.63, 3.8) is 0 Å². The molecule has 6 N–H and O–H groups in total. The quantitative estimate of drug-likeness (QED) is 0.0337. The van der Waals surface area contributed by atoms with Crippen molar-refractivity contribution in [2.75, 3.05) is 53.2 Å². The number of nitrogens with zero attached hydrogens (tertiary/aromatic N) is 2. The van der Waals surface area contributed by atoms with Gasteiger partial charge in [0.1, 0.15) is 36.0 Å². The van der Waals surface area contributed by atoms with Crippen molar-refractivity contribution in [2.24, 2.45) is 4.99 Å². The molecule has 0 heterocycles. The van der Waals surface area contributed by atoms with Gasteiger partial charge in [-0.2, -0.15) is 5.26 Å². The smallest absolute Gasteiger partial charge is 0.326 e. The summed E-state index contributed by atoms with van der Waals surface area (Å²) in [6.45, 7) is 7.68. The van der Waals surface area contributed by atoms with E-state index in [1.807, 2.05) is 63.2 Å². The van der Waals surface area contributed by atoms with Gasteiger partial charge in [0, 0.05) is 43.3 Å². The van der Waals surface area contributed by atoms with E-state index in [1.165, 1.54) is 6.92 Å². The van der Waals surface area contributed by atoms with Crippen molar-refractivity contribution in [1.82, 2.24) is 10.6 Å². The van der Waals surface area contributed by atoms with Gasteiger partial charge in [-0.25, -0.2) is 0 Å². The Hall–Kier alpha value is -4.74. The number of aliphatic carboxylic acids is 1. The van der Waals surface area contributed by atoms with Gasteiger partial charge in [0.05, 0.1) is 43.2 Å². The van der Waals surface area contributed by atoms with Gasteiger partial charge in [-0.1, -0.05) is 48.0 Å². The van der Waals surface area contributed by atoms with E-state index in [4.69, 9.17) is 25.8 Å². The minimum atomic E-state index is -1.60. The fourth-order valence-corrected chi connectivity index (χ4v) is 5.58.